The second-order valence-electron chi connectivity index (χ2n) is 5.17. The highest BCUT2D eigenvalue weighted by molar-refractivity contribution is 5.99. The lowest BCUT2D eigenvalue weighted by molar-refractivity contribution is 0.0924. The van der Waals surface area contributed by atoms with Crippen molar-refractivity contribution in [3.63, 3.8) is 0 Å². The van der Waals surface area contributed by atoms with Gasteiger partial charge in [-0.15, -0.1) is 6.42 Å². The van der Waals surface area contributed by atoms with Crippen molar-refractivity contribution in [2.75, 3.05) is 5.32 Å². The van der Waals surface area contributed by atoms with Gasteiger partial charge < -0.3 is 10.6 Å². The summed E-state index contributed by atoms with van der Waals surface area (Å²) in [5.74, 6) is 2.88. The topological polar surface area (TPSA) is 54.0 Å². The number of nitrogens with zero attached hydrogens (tertiary/aromatic N) is 1. The maximum Gasteiger partial charge on any atom is 0.256 e. The van der Waals surface area contributed by atoms with Gasteiger partial charge in [-0.2, -0.15) is 0 Å². The Morgan fingerprint density at radius 3 is 2.64 bits per heavy atom. The number of para-hydroxylation sites is 1. The molecule has 0 fully saturated rings. The van der Waals surface area contributed by atoms with E-state index in [0.29, 0.717) is 17.8 Å². The summed E-state index contributed by atoms with van der Waals surface area (Å²) in [6.45, 7) is 3.76. The Labute approximate surface area is 131 Å². The van der Waals surface area contributed by atoms with Crippen LogP contribution in [0.15, 0.2) is 48.7 Å². The van der Waals surface area contributed by atoms with Gasteiger partial charge in [0, 0.05) is 11.9 Å². The van der Waals surface area contributed by atoms with Crippen molar-refractivity contribution in [1.29, 1.82) is 0 Å². The zero-order valence-corrected chi connectivity index (χ0v) is 12.8. The normalized spacial score (nSPS) is 12.8. The van der Waals surface area contributed by atoms with Crippen LogP contribution < -0.4 is 10.6 Å². The summed E-state index contributed by atoms with van der Waals surface area (Å²) < 4.78 is 0. The van der Waals surface area contributed by atoms with Gasteiger partial charge in [0.05, 0.1) is 11.1 Å². The van der Waals surface area contributed by atoms with Crippen molar-refractivity contribution in [3.8, 4) is 12.3 Å². The molecule has 0 aliphatic heterocycles. The molecular weight excluding hydrogens is 274 g/mol. The zero-order valence-electron chi connectivity index (χ0n) is 12.8. The van der Waals surface area contributed by atoms with Crippen molar-refractivity contribution in [2.45, 2.75) is 25.8 Å². The Hall–Kier alpha value is -2.80. The highest BCUT2D eigenvalue weighted by Gasteiger charge is 2.23. The van der Waals surface area contributed by atoms with Crippen molar-refractivity contribution in [1.82, 2.24) is 10.3 Å². The minimum Gasteiger partial charge on any atom is -0.340 e. The highest BCUT2D eigenvalue weighted by Crippen LogP contribution is 2.19. The van der Waals surface area contributed by atoms with Gasteiger partial charge in [0.1, 0.15) is 5.82 Å². The summed E-state index contributed by atoms with van der Waals surface area (Å²) >= 11 is 0. The molecule has 112 valence electrons. The van der Waals surface area contributed by atoms with Crippen LogP contribution in [0.4, 0.5) is 11.5 Å². The number of amides is 1. The average molecular weight is 293 g/mol. The number of rotatable bonds is 5. The number of nitrogens with one attached hydrogen (secondary N) is 2. The molecule has 1 amide bonds. The number of pyridine rings is 1. The van der Waals surface area contributed by atoms with E-state index in [1.807, 2.05) is 44.2 Å². The summed E-state index contributed by atoms with van der Waals surface area (Å²) in [5, 5.41) is 6.03. The lowest BCUT2D eigenvalue weighted by atomic mass is 9.99. The number of carbonyl (C=O) groups excluding carboxylic acids is 1. The second-order valence-corrected chi connectivity index (χ2v) is 5.17. The monoisotopic (exact) mass is 293 g/mol. The van der Waals surface area contributed by atoms with Crippen LogP contribution in [0.1, 0.15) is 30.6 Å². The van der Waals surface area contributed by atoms with Crippen LogP contribution in [0.5, 0.6) is 0 Å². The molecule has 1 atom stereocenters. The van der Waals surface area contributed by atoms with E-state index >= 15 is 0 Å². The van der Waals surface area contributed by atoms with Crippen LogP contribution in [0.3, 0.4) is 0 Å². The maximum atomic E-state index is 12.5. The fraction of sp³-hybridized carbons (Fsp3) is 0.222. The Balaban J connectivity index is 2.25. The van der Waals surface area contributed by atoms with Gasteiger partial charge in [0.25, 0.3) is 5.91 Å². The molecule has 0 aliphatic rings. The Morgan fingerprint density at radius 1 is 1.27 bits per heavy atom. The number of terminal acetylenes is 1. The van der Waals surface area contributed by atoms with E-state index in [1.165, 1.54) is 0 Å². The second kappa shape index (κ2) is 6.77. The van der Waals surface area contributed by atoms with Crippen LogP contribution in [-0.4, -0.2) is 16.4 Å². The summed E-state index contributed by atoms with van der Waals surface area (Å²) in [5.41, 5.74) is 0.656. The first kappa shape index (κ1) is 15.6. The van der Waals surface area contributed by atoms with Gasteiger partial charge in [0.2, 0.25) is 0 Å². The van der Waals surface area contributed by atoms with Gasteiger partial charge in [-0.3, -0.25) is 4.79 Å². The molecule has 1 unspecified atom stereocenters. The van der Waals surface area contributed by atoms with E-state index in [9.17, 15) is 4.79 Å². The quantitative estimate of drug-likeness (QED) is 0.831. The minimum atomic E-state index is -0.670. The first-order valence-electron chi connectivity index (χ1n) is 7.15. The third-order valence-corrected chi connectivity index (χ3v) is 3.50. The molecule has 1 aromatic heterocycles. The molecule has 0 saturated carbocycles. The molecule has 0 bridgehead atoms. The fourth-order valence-electron chi connectivity index (χ4n) is 1.89. The van der Waals surface area contributed by atoms with Crippen LogP contribution in [0.2, 0.25) is 0 Å². The number of hydrogen-bond donors (Lipinski definition) is 2. The van der Waals surface area contributed by atoms with Crippen LogP contribution >= 0.6 is 0 Å². The predicted octanol–water partition coefficient (Wildman–Crippen LogP) is 3.36. The van der Waals surface area contributed by atoms with Gasteiger partial charge in [-0.05, 0) is 37.6 Å². The molecule has 22 heavy (non-hydrogen) atoms. The molecule has 1 heterocycles. The third kappa shape index (κ3) is 3.64. The van der Waals surface area contributed by atoms with Gasteiger partial charge in [-0.25, -0.2) is 4.98 Å². The standard InChI is InChI=1S/C18H19N3O/c1-4-18(3,5-2)21-17(22)15-12-9-13-19-16(15)20-14-10-7-6-8-11-14/h1,6-13H,5H2,2-3H3,(H,19,20)(H,21,22). The van der Waals surface area contributed by atoms with Gasteiger partial charge in [-0.1, -0.05) is 31.0 Å². The van der Waals surface area contributed by atoms with Crippen molar-refractivity contribution in [2.24, 2.45) is 0 Å². The summed E-state index contributed by atoms with van der Waals surface area (Å²) in [4.78, 5) is 16.8. The molecule has 0 saturated heterocycles. The molecular formula is C18H19N3O. The lowest BCUT2D eigenvalue weighted by Gasteiger charge is -2.24. The first-order valence-corrected chi connectivity index (χ1v) is 7.15. The van der Waals surface area contributed by atoms with E-state index in [0.717, 1.165) is 5.69 Å². The zero-order chi connectivity index (χ0) is 16.0. The van der Waals surface area contributed by atoms with Crippen LogP contribution in [0, 0.1) is 12.3 Å². The van der Waals surface area contributed by atoms with Crippen LogP contribution in [0.25, 0.3) is 0 Å². The molecule has 2 aromatic rings. The smallest absolute Gasteiger partial charge is 0.256 e. The van der Waals surface area contributed by atoms with E-state index in [4.69, 9.17) is 6.42 Å². The maximum absolute atomic E-state index is 12.5. The molecule has 0 spiro atoms. The van der Waals surface area contributed by atoms with Crippen molar-refractivity contribution < 1.29 is 4.79 Å². The SMILES string of the molecule is C#CC(C)(CC)NC(=O)c1cccnc1Nc1ccccc1. The van der Waals surface area contributed by atoms with Gasteiger partial charge >= 0.3 is 0 Å². The Morgan fingerprint density at radius 2 is 2.00 bits per heavy atom. The van der Waals surface area contributed by atoms with E-state index in [1.54, 1.807) is 18.3 Å². The van der Waals surface area contributed by atoms with Gasteiger partial charge in [0.15, 0.2) is 0 Å². The molecule has 2 N–H and O–H groups in total. The molecule has 2 rings (SSSR count). The fourth-order valence-corrected chi connectivity index (χ4v) is 1.89. The summed E-state index contributed by atoms with van der Waals surface area (Å²) in [6.07, 6.45) is 7.80. The lowest BCUT2D eigenvalue weighted by Crippen LogP contribution is -2.44. The predicted molar refractivity (Wildman–Crippen MR) is 89.0 cm³/mol. The summed E-state index contributed by atoms with van der Waals surface area (Å²) in [7, 11) is 0. The van der Waals surface area contributed by atoms with Crippen molar-refractivity contribution in [3.05, 3.63) is 54.2 Å². The minimum absolute atomic E-state index is 0.242. The number of carbonyl (C=O) groups is 1. The van der Waals surface area contributed by atoms with E-state index in [-0.39, 0.29) is 5.91 Å². The number of aromatic nitrogens is 1. The summed E-state index contributed by atoms with van der Waals surface area (Å²) in [6, 6.07) is 13.0. The molecule has 1 aromatic carbocycles. The number of benzene rings is 1. The molecule has 4 heteroatoms. The number of anilines is 2. The molecule has 0 aliphatic carbocycles. The van der Waals surface area contributed by atoms with E-state index < -0.39 is 5.54 Å². The van der Waals surface area contributed by atoms with Crippen molar-refractivity contribution >= 4 is 17.4 Å². The Kier molecular flexibility index (Phi) is 4.80. The van der Waals surface area contributed by atoms with Crippen LogP contribution in [-0.2, 0) is 0 Å². The largest absolute Gasteiger partial charge is 0.340 e. The van der Waals surface area contributed by atoms with E-state index in [2.05, 4.69) is 21.5 Å². The third-order valence-electron chi connectivity index (χ3n) is 3.50. The highest BCUT2D eigenvalue weighted by atomic mass is 16.1. The Bertz CT molecular complexity index is 691. The molecule has 0 radical (unpaired) electrons. The molecule has 4 nitrogen and oxygen atoms in total. The number of hydrogen-bond acceptors (Lipinski definition) is 3. The average Bonchev–Trinajstić information content (AvgIpc) is 2.56. The first-order chi connectivity index (χ1) is 10.6.